The standard InChI is InChI=1S/C22H25F3N2O5S/c1-15(2)32-21(29)14-19(16-7-4-3-5-8-16)27-20(28)11-12-26-33(30,31)18-10-6-9-17(13-18)22(23,24)25/h3-10,13,15,19,26H,11-12,14H2,1-2H3,(H,27,28). The van der Waals surface area contributed by atoms with Gasteiger partial charge in [-0.25, -0.2) is 13.1 Å². The first-order valence-corrected chi connectivity index (χ1v) is 11.6. The summed E-state index contributed by atoms with van der Waals surface area (Å²) in [6.45, 7) is 3.05. The van der Waals surface area contributed by atoms with Crippen LogP contribution < -0.4 is 10.0 Å². The lowest BCUT2D eigenvalue weighted by molar-refractivity contribution is -0.148. The zero-order valence-corrected chi connectivity index (χ0v) is 18.9. The Kier molecular flexibility index (Phi) is 9.00. The van der Waals surface area contributed by atoms with Gasteiger partial charge >= 0.3 is 12.1 Å². The molecule has 7 nitrogen and oxygen atoms in total. The minimum absolute atomic E-state index is 0.121. The van der Waals surface area contributed by atoms with E-state index >= 15 is 0 Å². The van der Waals surface area contributed by atoms with Gasteiger partial charge in [0, 0.05) is 13.0 Å². The Morgan fingerprint density at radius 3 is 2.30 bits per heavy atom. The topological polar surface area (TPSA) is 102 Å². The van der Waals surface area contributed by atoms with Gasteiger partial charge in [0.15, 0.2) is 0 Å². The van der Waals surface area contributed by atoms with Crippen LogP contribution in [-0.2, 0) is 30.5 Å². The van der Waals surface area contributed by atoms with Gasteiger partial charge < -0.3 is 10.1 Å². The van der Waals surface area contributed by atoms with Gasteiger partial charge in [-0.15, -0.1) is 0 Å². The van der Waals surface area contributed by atoms with Gasteiger partial charge in [0.2, 0.25) is 15.9 Å². The maximum atomic E-state index is 12.8. The predicted octanol–water partition coefficient (Wildman–Crippen LogP) is 3.57. The van der Waals surface area contributed by atoms with E-state index in [2.05, 4.69) is 10.0 Å². The summed E-state index contributed by atoms with van der Waals surface area (Å²) in [6.07, 6.45) is -5.42. The number of sulfonamides is 1. The largest absolute Gasteiger partial charge is 0.463 e. The number of benzene rings is 2. The van der Waals surface area contributed by atoms with E-state index in [9.17, 15) is 31.2 Å². The van der Waals surface area contributed by atoms with Gasteiger partial charge in [-0.1, -0.05) is 36.4 Å². The Balaban J connectivity index is 2.00. The van der Waals surface area contributed by atoms with Crippen molar-refractivity contribution in [1.29, 1.82) is 0 Å². The second-order valence-corrected chi connectivity index (χ2v) is 9.21. The number of hydrogen-bond donors (Lipinski definition) is 2. The summed E-state index contributed by atoms with van der Waals surface area (Å²) in [4.78, 5) is 23.9. The van der Waals surface area contributed by atoms with E-state index < -0.39 is 44.6 Å². The molecule has 2 rings (SSSR count). The Labute approximate surface area is 190 Å². The van der Waals surface area contributed by atoms with Crippen LogP contribution in [0.25, 0.3) is 0 Å². The van der Waals surface area contributed by atoms with Crippen molar-refractivity contribution in [2.45, 2.75) is 49.9 Å². The molecule has 2 aromatic carbocycles. The van der Waals surface area contributed by atoms with Crippen molar-refractivity contribution < 1.29 is 35.9 Å². The van der Waals surface area contributed by atoms with E-state index in [1.54, 1.807) is 44.2 Å². The van der Waals surface area contributed by atoms with Crippen LogP contribution in [0.3, 0.4) is 0 Å². The maximum absolute atomic E-state index is 12.8. The third-order valence-corrected chi connectivity index (χ3v) is 5.85. The molecule has 180 valence electrons. The number of carbonyl (C=O) groups excluding carboxylic acids is 2. The summed E-state index contributed by atoms with van der Waals surface area (Å²) in [7, 11) is -4.26. The van der Waals surface area contributed by atoms with E-state index in [0.29, 0.717) is 11.6 Å². The fraction of sp³-hybridized carbons (Fsp3) is 0.364. The minimum atomic E-state index is -4.69. The zero-order chi connectivity index (χ0) is 24.6. The van der Waals surface area contributed by atoms with Crippen LogP contribution in [0.1, 0.15) is 43.9 Å². The minimum Gasteiger partial charge on any atom is -0.463 e. The van der Waals surface area contributed by atoms with E-state index in [1.807, 2.05) is 0 Å². The van der Waals surface area contributed by atoms with E-state index in [-0.39, 0.29) is 25.5 Å². The van der Waals surface area contributed by atoms with Crippen LogP contribution in [0.2, 0.25) is 0 Å². The van der Waals surface area contributed by atoms with Crippen molar-refractivity contribution in [2.75, 3.05) is 6.54 Å². The predicted molar refractivity (Wildman–Crippen MR) is 114 cm³/mol. The van der Waals surface area contributed by atoms with E-state index in [4.69, 9.17) is 4.74 Å². The lowest BCUT2D eigenvalue weighted by Crippen LogP contribution is -2.34. The molecule has 11 heteroatoms. The number of halogens is 3. The maximum Gasteiger partial charge on any atom is 0.416 e. The highest BCUT2D eigenvalue weighted by molar-refractivity contribution is 7.89. The first-order valence-electron chi connectivity index (χ1n) is 10.1. The van der Waals surface area contributed by atoms with Crippen LogP contribution in [0, 0.1) is 0 Å². The third-order valence-electron chi connectivity index (χ3n) is 4.39. The summed E-state index contributed by atoms with van der Waals surface area (Å²) in [5.74, 6) is -1.06. The van der Waals surface area contributed by atoms with Crippen LogP contribution in [0.5, 0.6) is 0 Å². The SMILES string of the molecule is CC(C)OC(=O)CC(NC(=O)CCNS(=O)(=O)c1cccc(C(F)(F)F)c1)c1ccccc1. The molecule has 1 atom stereocenters. The molecule has 0 fully saturated rings. The van der Waals surface area contributed by atoms with Crippen LogP contribution in [0.15, 0.2) is 59.5 Å². The number of hydrogen-bond acceptors (Lipinski definition) is 5. The molecule has 2 aromatic rings. The summed E-state index contributed by atoms with van der Waals surface area (Å²) in [5, 5.41) is 2.67. The summed E-state index contributed by atoms with van der Waals surface area (Å²) in [6, 6.07) is 11.3. The van der Waals surface area contributed by atoms with Gasteiger partial charge in [-0.3, -0.25) is 9.59 Å². The van der Waals surface area contributed by atoms with Crippen molar-refractivity contribution in [3.8, 4) is 0 Å². The van der Waals surface area contributed by atoms with Crippen LogP contribution in [-0.4, -0.2) is 32.9 Å². The summed E-state index contributed by atoms with van der Waals surface area (Å²) in [5.41, 5.74) is -0.432. The molecule has 0 radical (unpaired) electrons. The molecular weight excluding hydrogens is 461 g/mol. The lowest BCUT2D eigenvalue weighted by atomic mass is 10.0. The Morgan fingerprint density at radius 2 is 1.70 bits per heavy atom. The molecule has 0 heterocycles. The summed E-state index contributed by atoms with van der Waals surface area (Å²) < 4.78 is 70.4. The zero-order valence-electron chi connectivity index (χ0n) is 18.1. The normalized spacial score (nSPS) is 12.9. The molecule has 0 aliphatic rings. The van der Waals surface area contributed by atoms with Crippen LogP contribution >= 0.6 is 0 Å². The molecule has 0 aliphatic heterocycles. The van der Waals surface area contributed by atoms with Gasteiger partial charge in [0.25, 0.3) is 0 Å². The second-order valence-electron chi connectivity index (χ2n) is 7.45. The fourth-order valence-electron chi connectivity index (χ4n) is 2.90. The van der Waals surface area contributed by atoms with E-state index in [1.165, 1.54) is 0 Å². The van der Waals surface area contributed by atoms with Crippen molar-refractivity contribution >= 4 is 21.9 Å². The van der Waals surface area contributed by atoms with Crippen molar-refractivity contribution in [2.24, 2.45) is 0 Å². The fourth-order valence-corrected chi connectivity index (χ4v) is 3.98. The first kappa shape index (κ1) is 26.3. The van der Waals surface area contributed by atoms with Gasteiger partial charge in [0.1, 0.15) is 0 Å². The highest BCUT2D eigenvalue weighted by Crippen LogP contribution is 2.30. The van der Waals surface area contributed by atoms with Crippen molar-refractivity contribution in [3.63, 3.8) is 0 Å². The van der Waals surface area contributed by atoms with Gasteiger partial charge in [0.05, 0.1) is 29.0 Å². The molecule has 0 aliphatic carbocycles. The smallest absolute Gasteiger partial charge is 0.416 e. The van der Waals surface area contributed by atoms with Crippen molar-refractivity contribution in [1.82, 2.24) is 10.0 Å². The quantitative estimate of drug-likeness (QED) is 0.500. The van der Waals surface area contributed by atoms with Crippen molar-refractivity contribution in [3.05, 3.63) is 65.7 Å². The molecule has 1 amide bonds. The Hall–Kier alpha value is -2.92. The number of carbonyl (C=O) groups is 2. The van der Waals surface area contributed by atoms with E-state index in [0.717, 1.165) is 18.2 Å². The highest BCUT2D eigenvalue weighted by atomic mass is 32.2. The molecule has 0 spiro atoms. The molecule has 1 unspecified atom stereocenters. The number of alkyl halides is 3. The number of ether oxygens (including phenoxy) is 1. The summed E-state index contributed by atoms with van der Waals surface area (Å²) >= 11 is 0. The first-order chi connectivity index (χ1) is 15.4. The monoisotopic (exact) mass is 486 g/mol. The average molecular weight is 487 g/mol. The molecule has 0 bridgehead atoms. The molecular formula is C22H25F3N2O5S. The number of esters is 1. The van der Waals surface area contributed by atoms with Crippen LogP contribution in [0.4, 0.5) is 13.2 Å². The second kappa shape index (κ2) is 11.3. The molecule has 0 saturated carbocycles. The molecule has 33 heavy (non-hydrogen) atoms. The molecule has 0 aromatic heterocycles. The van der Waals surface area contributed by atoms with Gasteiger partial charge in [-0.05, 0) is 37.6 Å². The number of rotatable bonds is 10. The highest BCUT2D eigenvalue weighted by Gasteiger charge is 2.31. The average Bonchev–Trinajstić information content (AvgIpc) is 2.72. The Morgan fingerprint density at radius 1 is 1.03 bits per heavy atom. The Bertz CT molecular complexity index is 1060. The lowest BCUT2D eigenvalue weighted by Gasteiger charge is -2.19. The number of amides is 1. The molecule has 2 N–H and O–H groups in total. The third kappa shape index (κ3) is 8.50. The molecule has 0 saturated heterocycles. The van der Waals surface area contributed by atoms with Gasteiger partial charge in [-0.2, -0.15) is 13.2 Å². The number of nitrogens with one attached hydrogen (secondary N) is 2.